The van der Waals surface area contributed by atoms with Gasteiger partial charge < -0.3 is 15.0 Å². The SMILES string of the molecule is CCCC1CN(C(Cc2ccc3ccccc3c2)C(=O)NC)CCN1C(=O)C(CC(=O)COC)Cc1ccc(F)cc1. The van der Waals surface area contributed by atoms with Gasteiger partial charge in [0.05, 0.1) is 6.04 Å². The summed E-state index contributed by atoms with van der Waals surface area (Å²) in [6, 6.07) is 20.1. The number of carbonyl (C=O) groups excluding carboxylic acids is 3. The Labute approximate surface area is 248 Å². The molecule has 1 fully saturated rings. The molecule has 224 valence electrons. The molecule has 3 aromatic rings. The van der Waals surface area contributed by atoms with Crippen molar-refractivity contribution in [1.29, 1.82) is 0 Å². The van der Waals surface area contributed by atoms with Crippen molar-refractivity contribution in [1.82, 2.24) is 15.1 Å². The Bertz CT molecular complexity index is 1360. The fourth-order valence-electron chi connectivity index (χ4n) is 6.06. The molecule has 0 aromatic heterocycles. The molecule has 1 aliphatic heterocycles. The molecular weight excluding hydrogens is 533 g/mol. The number of carbonyl (C=O) groups is 3. The molecule has 0 spiro atoms. The highest BCUT2D eigenvalue weighted by Crippen LogP contribution is 2.25. The van der Waals surface area contributed by atoms with E-state index in [1.807, 2.05) is 17.0 Å². The van der Waals surface area contributed by atoms with E-state index in [0.717, 1.165) is 34.7 Å². The van der Waals surface area contributed by atoms with E-state index in [1.165, 1.54) is 19.2 Å². The number of piperazine rings is 1. The lowest BCUT2D eigenvalue weighted by atomic mass is 9.91. The molecule has 1 saturated heterocycles. The van der Waals surface area contributed by atoms with Crippen LogP contribution in [0, 0.1) is 11.7 Å². The molecule has 0 radical (unpaired) electrons. The van der Waals surface area contributed by atoms with Gasteiger partial charge in [-0.05, 0) is 53.3 Å². The first-order chi connectivity index (χ1) is 20.3. The number of methoxy groups -OCH3 is 1. The van der Waals surface area contributed by atoms with E-state index in [-0.39, 0.29) is 48.5 Å². The summed E-state index contributed by atoms with van der Waals surface area (Å²) in [5.41, 5.74) is 1.89. The van der Waals surface area contributed by atoms with Gasteiger partial charge in [-0.1, -0.05) is 67.9 Å². The number of halogens is 1. The molecule has 3 unspecified atom stereocenters. The zero-order valence-corrected chi connectivity index (χ0v) is 24.9. The Balaban J connectivity index is 1.53. The van der Waals surface area contributed by atoms with Crippen LogP contribution in [0.25, 0.3) is 10.8 Å². The number of likely N-dealkylation sites (N-methyl/N-ethyl adjacent to an activating group) is 1. The molecule has 3 aromatic carbocycles. The summed E-state index contributed by atoms with van der Waals surface area (Å²) < 4.78 is 18.6. The summed E-state index contributed by atoms with van der Waals surface area (Å²) in [7, 11) is 3.13. The summed E-state index contributed by atoms with van der Waals surface area (Å²) in [5.74, 6) is -1.17. The predicted molar refractivity (Wildman–Crippen MR) is 163 cm³/mol. The molecule has 8 heteroatoms. The molecule has 0 aliphatic carbocycles. The molecule has 2 amide bonds. The van der Waals surface area contributed by atoms with Gasteiger partial charge in [0.2, 0.25) is 11.8 Å². The number of hydrogen-bond donors (Lipinski definition) is 1. The van der Waals surface area contributed by atoms with Crippen LogP contribution in [0.2, 0.25) is 0 Å². The minimum atomic E-state index is -0.573. The Kier molecular flexibility index (Phi) is 11.2. The normalized spacial score (nSPS) is 17.1. The summed E-state index contributed by atoms with van der Waals surface area (Å²) in [4.78, 5) is 43.9. The van der Waals surface area contributed by atoms with Crippen molar-refractivity contribution in [3.63, 3.8) is 0 Å². The number of benzene rings is 3. The van der Waals surface area contributed by atoms with Crippen LogP contribution in [-0.4, -0.2) is 79.9 Å². The van der Waals surface area contributed by atoms with Gasteiger partial charge >= 0.3 is 0 Å². The third-order valence-electron chi connectivity index (χ3n) is 8.18. The number of amides is 2. The first-order valence-electron chi connectivity index (χ1n) is 14.8. The first kappa shape index (κ1) is 31.3. The lowest BCUT2D eigenvalue weighted by Gasteiger charge is -2.45. The molecule has 42 heavy (non-hydrogen) atoms. The third kappa shape index (κ3) is 8.01. The predicted octanol–water partition coefficient (Wildman–Crippen LogP) is 4.41. The number of nitrogens with zero attached hydrogens (tertiary/aromatic N) is 2. The zero-order chi connectivity index (χ0) is 30.1. The monoisotopic (exact) mass is 575 g/mol. The molecule has 3 atom stereocenters. The van der Waals surface area contributed by atoms with Crippen LogP contribution in [0.15, 0.2) is 66.7 Å². The highest BCUT2D eigenvalue weighted by Gasteiger charge is 2.38. The molecule has 1 N–H and O–H groups in total. The summed E-state index contributed by atoms with van der Waals surface area (Å²) >= 11 is 0. The number of Topliss-reactive ketones (excluding diaryl/α,β-unsaturated/α-hetero) is 1. The zero-order valence-electron chi connectivity index (χ0n) is 24.9. The van der Waals surface area contributed by atoms with Crippen molar-refractivity contribution in [2.24, 2.45) is 5.92 Å². The van der Waals surface area contributed by atoms with Crippen LogP contribution in [0.5, 0.6) is 0 Å². The molecule has 7 nitrogen and oxygen atoms in total. The Morgan fingerprint density at radius 3 is 2.38 bits per heavy atom. The maximum Gasteiger partial charge on any atom is 0.237 e. The number of rotatable bonds is 13. The fourth-order valence-corrected chi connectivity index (χ4v) is 6.06. The highest BCUT2D eigenvalue weighted by molar-refractivity contribution is 5.88. The van der Waals surface area contributed by atoms with Crippen molar-refractivity contribution < 1.29 is 23.5 Å². The van der Waals surface area contributed by atoms with E-state index in [1.54, 1.807) is 19.2 Å². The smallest absolute Gasteiger partial charge is 0.237 e. The van der Waals surface area contributed by atoms with Gasteiger partial charge in [-0.25, -0.2) is 4.39 Å². The van der Waals surface area contributed by atoms with Crippen LogP contribution >= 0.6 is 0 Å². The molecule has 4 rings (SSSR count). The summed E-state index contributed by atoms with van der Waals surface area (Å²) in [6.45, 7) is 3.62. The van der Waals surface area contributed by atoms with Crippen LogP contribution in [-0.2, 0) is 32.0 Å². The molecule has 1 heterocycles. The average molecular weight is 576 g/mol. The maximum absolute atomic E-state index is 14.0. The van der Waals surface area contributed by atoms with Crippen LogP contribution in [0.1, 0.15) is 37.3 Å². The van der Waals surface area contributed by atoms with Crippen LogP contribution in [0.4, 0.5) is 4.39 Å². The van der Waals surface area contributed by atoms with E-state index in [0.29, 0.717) is 32.5 Å². The lowest BCUT2D eigenvalue weighted by molar-refractivity contribution is -0.144. The number of fused-ring (bicyclic) bond motifs is 1. The van der Waals surface area contributed by atoms with E-state index < -0.39 is 5.92 Å². The average Bonchev–Trinajstić information content (AvgIpc) is 3.00. The van der Waals surface area contributed by atoms with Gasteiger partial charge in [-0.3, -0.25) is 19.3 Å². The van der Waals surface area contributed by atoms with Crippen molar-refractivity contribution in [3.8, 4) is 0 Å². The van der Waals surface area contributed by atoms with Crippen LogP contribution in [0.3, 0.4) is 0 Å². The van der Waals surface area contributed by atoms with Crippen molar-refractivity contribution in [3.05, 3.63) is 83.7 Å². The summed E-state index contributed by atoms with van der Waals surface area (Å²) in [6.07, 6.45) is 2.63. The van der Waals surface area contributed by atoms with Gasteiger partial charge in [-0.2, -0.15) is 0 Å². The van der Waals surface area contributed by atoms with Gasteiger partial charge in [0.25, 0.3) is 0 Å². The Morgan fingerprint density at radius 1 is 0.976 bits per heavy atom. The topological polar surface area (TPSA) is 79.0 Å². The second kappa shape index (κ2) is 15.0. The number of ketones is 1. The molecule has 0 saturated carbocycles. The second-order valence-corrected chi connectivity index (χ2v) is 11.2. The van der Waals surface area contributed by atoms with E-state index in [2.05, 4.69) is 47.5 Å². The van der Waals surface area contributed by atoms with E-state index in [4.69, 9.17) is 4.74 Å². The van der Waals surface area contributed by atoms with Crippen LogP contribution < -0.4 is 5.32 Å². The first-order valence-corrected chi connectivity index (χ1v) is 14.8. The standard InChI is InChI=1S/C34H42FN3O4/c1-4-7-30-22-37(32(33(40)36-2)20-25-10-13-26-8-5-6-9-27(26)19-25)16-17-38(30)34(41)28(21-31(39)23-42-3)18-24-11-14-29(35)15-12-24/h5-6,8-15,19,28,30,32H,4,7,16-18,20-23H2,1-3H3,(H,36,40). The Hall–Kier alpha value is -3.62. The van der Waals surface area contributed by atoms with E-state index in [9.17, 15) is 18.8 Å². The number of nitrogens with one attached hydrogen (secondary N) is 1. The van der Waals surface area contributed by atoms with Gasteiger partial charge in [0, 0.05) is 52.2 Å². The quantitative estimate of drug-likeness (QED) is 0.327. The van der Waals surface area contributed by atoms with Crippen molar-refractivity contribution in [2.45, 2.75) is 51.1 Å². The Morgan fingerprint density at radius 2 is 1.69 bits per heavy atom. The van der Waals surface area contributed by atoms with E-state index >= 15 is 0 Å². The lowest BCUT2D eigenvalue weighted by Crippen LogP contribution is -2.61. The molecule has 1 aliphatic rings. The second-order valence-electron chi connectivity index (χ2n) is 11.2. The van der Waals surface area contributed by atoms with Crippen molar-refractivity contribution >= 4 is 28.4 Å². The van der Waals surface area contributed by atoms with Gasteiger partial charge in [-0.15, -0.1) is 0 Å². The maximum atomic E-state index is 14.0. The third-order valence-corrected chi connectivity index (χ3v) is 8.18. The minimum Gasteiger partial charge on any atom is -0.377 e. The fraction of sp³-hybridized carbons (Fsp3) is 0.441. The number of ether oxygens (including phenoxy) is 1. The van der Waals surface area contributed by atoms with Gasteiger partial charge in [0.1, 0.15) is 12.4 Å². The van der Waals surface area contributed by atoms with Gasteiger partial charge in [0.15, 0.2) is 5.78 Å². The molecular formula is C34H42FN3O4. The summed E-state index contributed by atoms with van der Waals surface area (Å²) in [5, 5.41) is 5.14. The van der Waals surface area contributed by atoms with Crippen molar-refractivity contribution in [2.75, 3.05) is 40.4 Å². The molecule has 0 bridgehead atoms. The largest absolute Gasteiger partial charge is 0.377 e. The highest BCUT2D eigenvalue weighted by atomic mass is 19.1. The number of hydrogen-bond acceptors (Lipinski definition) is 5. The minimum absolute atomic E-state index is 0.0440.